The summed E-state index contributed by atoms with van der Waals surface area (Å²) in [6.45, 7) is 1.95. The van der Waals surface area contributed by atoms with Gasteiger partial charge in [-0.1, -0.05) is 48.2 Å². The van der Waals surface area contributed by atoms with E-state index in [0.29, 0.717) is 25.4 Å². The number of morpholine rings is 1. The fourth-order valence-corrected chi connectivity index (χ4v) is 3.37. The molecule has 4 nitrogen and oxygen atoms in total. The summed E-state index contributed by atoms with van der Waals surface area (Å²) in [5.74, 6) is 0.580. The van der Waals surface area contributed by atoms with Crippen LogP contribution in [0.3, 0.4) is 0 Å². The van der Waals surface area contributed by atoms with E-state index in [-0.39, 0.29) is 12.0 Å². The number of nitrogens with zero attached hydrogens (tertiary/aromatic N) is 2. The number of amides is 1. The van der Waals surface area contributed by atoms with Crippen molar-refractivity contribution in [3.8, 4) is 0 Å². The van der Waals surface area contributed by atoms with E-state index in [1.54, 1.807) is 6.20 Å². The minimum absolute atomic E-state index is 0.0787. The molecule has 1 unspecified atom stereocenters. The molecule has 0 spiro atoms. The van der Waals surface area contributed by atoms with Crippen molar-refractivity contribution < 1.29 is 9.53 Å². The number of carbonyl (C=O) groups is 1. The van der Waals surface area contributed by atoms with Crippen LogP contribution >= 0.6 is 11.8 Å². The van der Waals surface area contributed by atoms with Crippen LogP contribution in [0.1, 0.15) is 5.56 Å². The fourth-order valence-electron chi connectivity index (χ4n) is 2.61. The molecular formula is C18H20N2O2S. The third-order valence-corrected chi connectivity index (χ3v) is 4.71. The maximum Gasteiger partial charge on any atom is 0.233 e. The molecule has 1 aromatic carbocycles. The Bertz CT molecular complexity index is 621. The highest BCUT2D eigenvalue weighted by molar-refractivity contribution is 7.99. The van der Waals surface area contributed by atoms with Gasteiger partial charge in [-0.05, 0) is 17.7 Å². The van der Waals surface area contributed by atoms with Gasteiger partial charge in [0, 0.05) is 25.7 Å². The van der Waals surface area contributed by atoms with Crippen LogP contribution in [0.4, 0.5) is 0 Å². The van der Waals surface area contributed by atoms with Gasteiger partial charge in [-0.25, -0.2) is 4.98 Å². The lowest BCUT2D eigenvalue weighted by atomic mass is 10.1. The molecule has 1 aliphatic rings. The van der Waals surface area contributed by atoms with Crippen LogP contribution in [0.5, 0.6) is 0 Å². The summed E-state index contributed by atoms with van der Waals surface area (Å²) in [4.78, 5) is 18.5. The van der Waals surface area contributed by atoms with E-state index in [4.69, 9.17) is 4.74 Å². The van der Waals surface area contributed by atoms with E-state index >= 15 is 0 Å². The zero-order valence-electron chi connectivity index (χ0n) is 12.9. The molecule has 1 saturated heterocycles. The number of benzene rings is 1. The average Bonchev–Trinajstić information content (AvgIpc) is 2.62. The van der Waals surface area contributed by atoms with Crippen LogP contribution < -0.4 is 0 Å². The summed E-state index contributed by atoms with van der Waals surface area (Å²) in [7, 11) is 0. The Morgan fingerprint density at radius 1 is 1.22 bits per heavy atom. The zero-order chi connectivity index (χ0) is 15.9. The van der Waals surface area contributed by atoms with E-state index in [1.807, 2.05) is 41.3 Å². The highest BCUT2D eigenvalue weighted by atomic mass is 32.2. The van der Waals surface area contributed by atoms with Gasteiger partial charge in [0.2, 0.25) is 5.91 Å². The molecule has 5 heteroatoms. The monoisotopic (exact) mass is 328 g/mol. The molecular weight excluding hydrogens is 308 g/mol. The van der Waals surface area contributed by atoms with Crippen molar-refractivity contribution in [1.29, 1.82) is 0 Å². The molecule has 0 aliphatic carbocycles. The topological polar surface area (TPSA) is 42.4 Å². The first-order chi connectivity index (χ1) is 11.3. The molecule has 23 heavy (non-hydrogen) atoms. The molecule has 0 bridgehead atoms. The molecule has 1 aromatic heterocycles. The normalized spacial score (nSPS) is 17.9. The van der Waals surface area contributed by atoms with Gasteiger partial charge in [0.1, 0.15) is 0 Å². The van der Waals surface area contributed by atoms with Crippen molar-refractivity contribution >= 4 is 17.7 Å². The maximum atomic E-state index is 12.4. The van der Waals surface area contributed by atoms with Crippen molar-refractivity contribution in [2.75, 3.05) is 25.4 Å². The van der Waals surface area contributed by atoms with Crippen molar-refractivity contribution in [2.24, 2.45) is 0 Å². The van der Waals surface area contributed by atoms with Crippen LogP contribution in [0.15, 0.2) is 59.8 Å². The molecule has 0 N–H and O–H groups in total. The molecule has 1 aliphatic heterocycles. The van der Waals surface area contributed by atoms with Crippen molar-refractivity contribution in [3.05, 3.63) is 60.3 Å². The minimum atomic E-state index is 0.0787. The number of aromatic nitrogens is 1. The van der Waals surface area contributed by atoms with Gasteiger partial charge in [0.15, 0.2) is 0 Å². The Labute approximate surface area is 140 Å². The van der Waals surface area contributed by atoms with E-state index in [0.717, 1.165) is 11.4 Å². The van der Waals surface area contributed by atoms with Crippen LogP contribution in [0, 0.1) is 0 Å². The smallest absolute Gasteiger partial charge is 0.233 e. The minimum Gasteiger partial charge on any atom is -0.374 e. The van der Waals surface area contributed by atoms with E-state index < -0.39 is 0 Å². The number of rotatable bonds is 5. The van der Waals surface area contributed by atoms with Crippen LogP contribution in [0.25, 0.3) is 0 Å². The quantitative estimate of drug-likeness (QED) is 0.792. The van der Waals surface area contributed by atoms with Crippen molar-refractivity contribution in [3.63, 3.8) is 0 Å². The lowest BCUT2D eigenvalue weighted by Crippen LogP contribution is -2.47. The first-order valence-electron chi connectivity index (χ1n) is 7.78. The number of carbonyl (C=O) groups excluding carboxylic acids is 1. The summed E-state index contributed by atoms with van der Waals surface area (Å²) in [5.41, 5.74) is 1.25. The third kappa shape index (κ3) is 4.81. The maximum absolute atomic E-state index is 12.4. The summed E-state index contributed by atoms with van der Waals surface area (Å²) < 4.78 is 5.81. The molecule has 2 aromatic rings. The van der Waals surface area contributed by atoms with E-state index in [1.165, 1.54) is 17.3 Å². The van der Waals surface area contributed by atoms with Gasteiger partial charge in [-0.3, -0.25) is 4.79 Å². The molecule has 1 atom stereocenters. The van der Waals surface area contributed by atoms with Crippen LogP contribution in [-0.4, -0.2) is 47.3 Å². The zero-order valence-corrected chi connectivity index (χ0v) is 13.7. The Balaban J connectivity index is 1.50. The van der Waals surface area contributed by atoms with Crippen molar-refractivity contribution in [2.45, 2.75) is 17.6 Å². The number of ether oxygens (including phenoxy) is 1. The van der Waals surface area contributed by atoms with Gasteiger partial charge in [-0.2, -0.15) is 0 Å². The Hall–Kier alpha value is -1.85. The first-order valence-corrected chi connectivity index (χ1v) is 8.77. The van der Waals surface area contributed by atoms with E-state index in [9.17, 15) is 4.79 Å². The summed E-state index contributed by atoms with van der Waals surface area (Å²) in [6, 6.07) is 16.0. The summed E-state index contributed by atoms with van der Waals surface area (Å²) in [6.07, 6.45) is 2.67. The number of hydrogen-bond donors (Lipinski definition) is 0. The number of hydrogen-bond acceptors (Lipinski definition) is 4. The molecule has 0 radical (unpaired) electrons. The SMILES string of the molecule is O=C(CSc1ccccn1)N1CCOC(Cc2ccccc2)C1. The average molecular weight is 328 g/mol. The van der Waals surface area contributed by atoms with E-state index in [2.05, 4.69) is 17.1 Å². The highest BCUT2D eigenvalue weighted by Crippen LogP contribution is 2.17. The third-order valence-electron chi connectivity index (χ3n) is 3.78. The van der Waals surface area contributed by atoms with Gasteiger partial charge in [0.05, 0.1) is 23.5 Å². The Kier molecular flexibility index (Phi) is 5.66. The molecule has 2 heterocycles. The predicted molar refractivity (Wildman–Crippen MR) is 91.4 cm³/mol. The second-order valence-corrected chi connectivity index (χ2v) is 6.47. The molecule has 1 amide bonds. The van der Waals surface area contributed by atoms with Crippen molar-refractivity contribution in [1.82, 2.24) is 9.88 Å². The lowest BCUT2D eigenvalue weighted by molar-refractivity contribution is -0.135. The molecule has 0 saturated carbocycles. The number of thioether (sulfide) groups is 1. The van der Waals surface area contributed by atoms with Crippen LogP contribution in [0.2, 0.25) is 0 Å². The largest absolute Gasteiger partial charge is 0.374 e. The van der Waals surface area contributed by atoms with Gasteiger partial charge in [-0.15, -0.1) is 0 Å². The Morgan fingerprint density at radius 3 is 2.83 bits per heavy atom. The van der Waals surface area contributed by atoms with Gasteiger partial charge in [0.25, 0.3) is 0 Å². The highest BCUT2D eigenvalue weighted by Gasteiger charge is 2.24. The first kappa shape index (κ1) is 16.0. The molecule has 1 fully saturated rings. The second kappa shape index (κ2) is 8.13. The molecule has 120 valence electrons. The standard InChI is InChI=1S/C18H20N2O2S/c21-18(14-23-17-8-4-5-9-19-17)20-10-11-22-16(13-20)12-15-6-2-1-3-7-15/h1-9,16H,10-14H2. The van der Waals surface area contributed by atoms with Gasteiger partial charge < -0.3 is 9.64 Å². The Morgan fingerprint density at radius 2 is 2.04 bits per heavy atom. The van der Waals surface area contributed by atoms with Gasteiger partial charge >= 0.3 is 0 Å². The van der Waals surface area contributed by atoms with Crippen LogP contribution in [-0.2, 0) is 16.0 Å². The molecule has 3 rings (SSSR count). The second-order valence-electron chi connectivity index (χ2n) is 5.48. The lowest BCUT2D eigenvalue weighted by Gasteiger charge is -2.33. The summed E-state index contributed by atoms with van der Waals surface area (Å²) >= 11 is 1.48. The fraction of sp³-hybridized carbons (Fsp3) is 0.333. The number of pyridine rings is 1. The summed E-state index contributed by atoms with van der Waals surface area (Å²) in [5, 5.41) is 0.884. The predicted octanol–water partition coefficient (Wildman–Crippen LogP) is 2.64.